The Labute approximate surface area is 103 Å². The molecule has 1 aromatic rings. The average Bonchev–Trinajstić information content (AvgIpc) is 2.28. The number of rotatable bonds is 6. The second-order valence-corrected chi connectivity index (χ2v) is 6.10. The highest BCUT2D eigenvalue weighted by Gasteiger charge is 2.11. The Kier molecular flexibility index (Phi) is 5.11. The second kappa shape index (κ2) is 6.14. The third-order valence-electron chi connectivity index (χ3n) is 2.58. The van der Waals surface area contributed by atoms with Gasteiger partial charge in [-0.25, -0.2) is 8.42 Å². The van der Waals surface area contributed by atoms with Gasteiger partial charge in [0.05, 0.1) is 4.90 Å². The highest BCUT2D eigenvalue weighted by Crippen LogP contribution is 2.19. The monoisotopic (exact) mass is 257 g/mol. The van der Waals surface area contributed by atoms with Gasteiger partial charge in [-0.05, 0) is 30.5 Å². The van der Waals surface area contributed by atoms with E-state index in [1.807, 2.05) is 6.07 Å². The van der Waals surface area contributed by atoms with Crippen molar-refractivity contribution in [1.82, 2.24) is 0 Å². The van der Waals surface area contributed by atoms with Gasteiger partial charge in [-0.3, -0.25) is 0 Å². The maximum Gasteiger partial charge on any atom is 0.175 e. The average molecular weight is 257 g/mol. The molecular formula is C12H19NO3S. The Morgan fingerprint density at radius 1 is 1.41 bits per heavy atom. The molecule has 0 spiro atoms. The zero-order valence-corrected chi connectivity index (χ0v) is 11.0. The normalized spacial score (nSPS) is 13.6. The van der Waals surface area contributed by atoms with Gasteiger partial charge < -0.3 is 10.5 Å². The predicted octanol–water partition coefficient (Wildman–Crippen LogP) is 1.52. The molecule has 0 saturated carbocycles. The lowest BCUT2D eigenvalue weighted by molar-refractivity contribution is 0.190. The summed E-state index contributed by atoms with van der Waals surface area (Å²) in [4.78, 5) is 0.317. The van der Waals surface area contributed by atoms with Gasteiger partial charge in [0, 0.05) is 26.0 Å². The van der Waals surface area contributed by atoms with E-state index < -0.39 is 9.84 Å². The molecule has 96 valence electrons. The maximum atomic E-state index is 11.4. The van der Waals surface area contributed by atoms with Crippen LogP contribution in [0.15, 0.2) is 29.2 Å². The zero-order chi connectivity index (χ0) is 12.9. The summed E-state index contributed by atoms with van der Waals surface area (Å²) in [7, 11) is -1.52. The van der Waals surface area contributed by atoms with Gasteiger partial charge >= 0.3 is 0 Å². The van der Waals surface area contributed by atoms with E-state index in [2.05, 4.69) is 0 Å². The van der Waals surface area contributed by atoms with Crippen molar-refractivity contribution in [2.24, 2.45) is 5.73 Å². The lowest BCUT2D eigenvalue weighted by Crippen LogP contribution is -2.12. The minimum atomic E-state index is -3.16. The van der Waals surface area contributed by atoms with E-state index in [9.17, 15) is 8.42 Å². The SMILES string of the molecule is COCCCC(N)c1cccc(S(C)(=O)=O)c1. The number of benzene rings is 1. The molecule has 0 amide bonds. The predicted molar refractivity (Wildman–Crippen MR) is 67.6 cm³/mol. The Morgan fingerprint density at radius 3 is 2.71 bits per heavy atom. The highest BCUT2D eigenvalue weighted by molar-refractivity contribution is 7.90. The van der Waals surface area contributed by atoms with Crippen LogP contribution in [-0.2, 0) is 14.6 Å². The maximum absolute atomic E-state index is 11.4. The van der Waals surface area contributed by atoms with E-state index >= 15 is 0 Å². The summed E-state index contributed by atoms with van der Waals surface area (Å²) in [5.41, 5.74) is 6.85. The minimum Gasteiger partial charge on any atom is -0.385 e. The fourth-order valence-electron chi connectivity index (χ4n) is 1.59. The lowest BCUT2D eigenvalue weighted by atomic mass is 10.0. The van der Waals surface area contributed by atoms with Gasteiger partial charge in [-0.1, -0.05) is 12.1 Å². The summed E-state index contributed by atoms with van der Waals surface area (Å²) < 4.78 is 27.8. The van der Waals surface area contributed by atoms with Crippen LogP contribution >= 0.6 is 0 Å². The minimum absolute atomic E-state index is 0.146. The van der Waals surface area contributed by atoms with E-state index in [0.717, 1.165) is 18.4 Å². The molecule has 1 atom stereocenters. The van der Waals surface area contributed by atoms with Crippen LogP contribution in [0.5, 0.6) is 0 Å². The van der Waals surface area contributed by atoms with Crippen LogP contribution in [0.25, 0.3) is 0 Å². The first-order valence-electron chi connectivity index (χ1n) is 5.49. The molecule has 0 saturated heterocycles. The first kappa shape index (κ1) is 14.2. The number of methoxy groups -OCH3 is 1. The van der Waals surface area contributed by atoms with Gasteiger partial charge in [-0.15, -0.1) is 0 Å². The first-order valence-corrected chi connectivity index (χ1v) is 7.39. The molecule has 0 fully saturated rings. The Bertz CT molecular complexity index is 457. The van der Waals surface area contributed by atoms with Crippen molar-refractivity contribution in [2.75, 3.05) is 20.0 Å². The molecule has 0 aromatic heterocycles. The number of hydrogen-bond donors (Lipinski definition) is 1. The van der Waals surface area contributed by atoms with Crippen molar-refractivity contribution < 1.29 is 13.2 Å². The summed E-state index contributed by atoms with van der Waals surface area (Å²) in [5, 5.41) is 0. The molecule has 0 aliphatic heterocycles. The van der Waals surface area contributed by atoms with Crippen LogP contribution < -0.4 is 5.73 Å². The van der Waals surface area contributed by atoms with Crippen molar-refractivity contribution in [1.29, 1.82) is 0 Å². The molecule has 5 heteroatoms. The molecule has 0 bridgehead atoms. The Morgan fingerprint density at radius 2 is 2.12 bits per heavy atom. The summed E-state index contributed by atoms with van der Waals surface area (Å²) in [6, 6.07) is 6.66. The van der Waals surface area contributed by atoms with Crippen LogP contribution in [0.2, 0.25) is 0 Å². The standard InChI is InChI=1S/C12H19NO3S/c1-16-8-4-7-12(13)10-5-3-6-11(9-10)17(2,14)15/h3,5-6,9,12H,4,7-8,13H2,1-2H3. The van der Waals surface area contributed by atoms with Gasteiger partial charge in [0.15, 0.2) is 9.84 Å². The van der Waals surface area contributed by atoms with Crippen molar-refractivity contribution in [3.05, 3.63) is 29.8 Å². The van der Waals surface area contributed by atoms with Crippen LogP contribution in [0.4, 0.5) is 0 Å². The van der Waals surface area contributed by atoms with Crippen LogP contribution in [-0.4, -0.2) is 28.4 Å². The topological polar surface area (TPSA) is 69.4 Å². The Balaban J connectivity index is 2.78. The van der Waals surface area contributed by atoms with E-state index in [1.165, 1.54) is 6.26 Å². The quantitative estimate of drug-likeness (QED) is 0.784. The molecule has 0 aliphatic rings. The fraction of sp³-hybridized carbons (Fsp3) is 0.500. The van der Waals surface area contributed by atoms with Crippen molar-refractivity contribution in [2.45, 2.75) is 23.8 Å². The van der Waals surface area contributed by atoms with E-state index in [1.54, 1.807) is 25.3 Å². The van der Waals surface area contributed by atoms with Gasteiger partial charge in [-0.2, -0.15) is 0 Å². The summed E-state index contributed by atoms with van der Waals surface area (Å²) in [5.74, 6) is 0. The molecule has 1 unspecified atom stereocenters. The molecule has 0 heterocycles. The number of hydrogen-bond acceptors (Lipinski definition) is 4. The van der Waals surface area contributed by atoms with E-state index in [0.29, 0.717) is 11.5 Å². The van der Waals surface area contributed by atoms with Gasteiger partial charge in [0.2, 0.25) is 0 Å². The largest absolute Gasteiger partial charge is 0.385 e. The molecular weight excluding hydrogens is 238 g/mol. The molecule has 2 N–H and O–H groups in total. The van der Waals surface area contributed by atoms with Gasteiger partial charge in [0.25, 0.3) is 0 Å². The molecule has 0 aliphatic carbocycles. The number of ether oxygens (including phenoxy) is 1. The molecule has 1 aromatic carbocycles. The summed E-state index contributed by atoms with van der Waals surface area (Å²) >= 11 is 0. The molecule has 4 nitrogen and oxygen atoms in total. The number of nitrogens with two attached hydrogens (primary N) is 1. The van der Waals surface area contributed by atoms with Crippen LogP contribution in [0, 0.1) is 0 Å². The van der Waals surface area contributed by atoms with E-state index in [4.69, 9.17) is 10.5 Å². The molecule has 1 rings (SSSR count). The molecule has 17 heavy (non-hydrogen) atoms. The van der Waals surface area contributed by atoms with Gasteiger partial charge in [0.1, 0.15) is 0 Å². The van der Waals surface area contributed by atoms with Crippen LogP contribution in [0.1, 0.15) is 24.4 Å². The van der Waals surface area contributed by atoms with Crippen LogP contribution in [0.3, 0.4) is 0 Å². The van der Waals surface area contributed by atoms with Crippen molar-refractivity contribution >= 4 is 9.84 Å². The van der Waals surface area contributed by atoms with Crippen molar-refractivity contribution in [3.8, 4) is 0 Å². The fourth-order valence-corrected chi connectivity index (χ4v) is 2.27. The summed E-state index contributed by atoms with van der Waals surface area (Å²) in [6.07, 6.45) is 2.84. The smallest absolute Gasteiger partial charge is 0.175 e. The van der Waals surface area contributed by atoms with Crippen molar-refractivity contribution in [3.63, 3.8) is 0 Å². The first-order chi connectivity index (χ1) is 7.95. The number of sulfone groups is 1. The molecule has 0 radical (unpaired) electrons. The summed E-state index contributed by atoms with van der Waals surface area (Å²) in [6.45, 7) is 0.666. The Hall–Kier alpha value is -0.910. The highest BCUT2D eigenvalue weighted by atomic mass is 32.2. The second-order valence-electron chi connectivity index (χ2n) is 4.09. The lowest BCUT2D eigenvalue weighted by Gasteiger charge is -2.12. The third kappa shape index (κ3) is 4.46. The third-order valence-corrected chi connectivity index (χ3v) is 3.69. The zero-order valence-electron chi connectivity index (χ0n) is 10.2. The van der Waals surface area contributed by atoms with E-state index in [-0.39, 0.29) is 6.04 Å².